The molecular weight excluding hydrogens is 340 g/mol. The van der Waals surface area contributed by atoms with Crippen molar-refractivity contribution < 1.29 is 19.7 Å². The first-order chi connectivity index (χ1) is 13.2. The molecule has 0 saturated heterocycles. The second-order valence-electron chi connectivity index (χ2n) is 6.84. The first-order valence-corrected chi connectivity index (χ1v) is 10.6. The van der Waals surface area contributed by atoms with Gasteiger partial charge in [0.2, 0.25) is 0 Å². The van der Waals surface area contributed by atoms with Gasteiger partial charge >= 0.3 is 5.97 Å². The van der Waals surface area contributed by atoms with E-state index in [1.165, 1.54) is 38.5 Å². The van der Waals surface area contributed by atoms with Gasteiger partial charge in [-0.05, 0) is 57.8 Å². The van der Waals surface area contributed by atoms with Crippen molar-refractivity contribution in [2.45, 2.75) is 90.1 Å². The highest BCUT2D eigenvalue weighted by molar-refractivity contribution is 5.69. The number of aliphatic hydroxyl groups excluding tert-OH is 2. The number of hydrogen-bond donors (Lipinski definition) is 2. The maximum Gasteiger partial charge on any atom is 0.305 e. The summed E-state index contributed by atoms with van der Waals surface area (Å²) in [6.45, 7) is 1.72. The topological polar surface area (TPSA) is 66.8 Å². The predicted octanol–water partition coefficient (Wildman–Crippen LogP) is 5.25. The van der Waals surface area contributed by atoms with E-state index in [2.05, 4.69) is 43.4 Å². The Morgan fingerprint density at radius 3 is 1.93 bits per heavy atom. The number of carbonyl (C=O) groups is 1. The third kappa shape index (κ3) is 20.8. The third-order valence-electron chi connectivity index (χ3n) is 4.14. The largest absolute Gasteiger partial charge is 0.463 e. The Balaban J connectivity index is 3.38. The van der Waals surface area contributed by atoms with Gasteiger partial charge in [-0.3, -0.25) is 4.79 Å². The number of aliphatic hydroxyl groups is 2. The molecular formula is C23H40O4. The number of unbranched alkanes of at least 4 members (excludes halogenated alkanes) is 7. The van der Waals surface area contributed by atoms with Crippen LogP contribution in [-0.2, 0) is 9.53 Å². The molecule has 0 heterocycles. The molecule has 2 N–H and O–H groups in total. The van der Waals surface area contributed by atoms with Crippen molar-refractivity contribution in [1.29, 1.82) is 0 Å². The Bertz CT molecular complexity index is 413. The molecule has 4 nitrogen and oxygen atoms in total. The Kier molecular flexibility index (Phi) is 19.8. The van der Waals surface area contributed by atoms with Crippen molar-refractivity contribution in [3.63, 3.8) is 0 Å². The minimum atomic E-state index is -0.976. The van der Waals surface area contributed by atoms with Gasteiger partial charge in [0.25, 0.3) is 0 Å². The molecule has 0 aliphatic rings. The van der Waals surface area contributed by atoms with Gasteiger partial charge in [0.05, 0.1) is 6.61 Å². The molecule has 156 valence electrons. The van der Waals surface area contributed by atoms with Crippen LogP contribution in [0.2, 0.25) is 0 Å². The van der Waals surface area contributed by atoms with Gasteiger partial charge in [-0.2, -0.15) is 0 Å². The first kappa shape index (κ1) is 25.6. The van der Waals surface area contributed by atoms with Gasteiger partial charge in [0.1, 0.15) is 12.7 Å². The van der Waals surface area contributed by atoms with E-state index in [0.29, 0.717) is 6.42 Å². The van der Waals surface area contributed by atoms with Crippen LogP contribution in [0.5, 0.6) is 0 Å². The van der Waals surface area contributed by atoms with Gasteiger partial charge in [0, 0.05) is 6.42 Å². The van der Waals surface area contributed by atoms with Crippen LogP contribution in [0, 0.1) is 0 Å². The molecule has 0 rings (SSSR count). The molecule has 0 aliphatic carbocycles. The Morgan fingerprint density at radius 2 is 1.37 bits per heavy atom. The Labute approximate surface area is 166 Å². The Hall–Kier alpha value is -1.39. The minimum Gasteiger partial charge on any atom is -0.463 e. The summed E-state index contributed by atoms with van der Waals surface area (Å²) in [5.74, 6) is -0.321. The normalized spacial score (nSPS) is 13.1. The maximum atomic E-state index is 11.4. The van der Waals surface area contributed by atoms with Gasteiger partial charge in [-0.25, -0.2) is 0 Å². The standard InChI is InChI=1S/C23H40O4/c1-2-3-4-5-6-7-8-9-10-11-12-13-14-15-16-17-18-19-23(26)27-21-22(25)20-24/h6-7,9-10,15-16,22,24-25H,2-5,8,11-14,17-21H2,1H3. The quantitative estimate of drug-likeness (QED) is 0.193. The van der Waals surface area contributed by atoms with E-state index in [4.69, 9.17) is 14.9 Å². The average Bonchev–Trinajstić information content (AvgIpc) is 2.68. The Morgan fingerprint density at radius 1 is 0.852 bits per heavy atom. The van der Waals surface area contributed by atoms with Gasteiger partial charge < -0.3 is 14.9 Å². The lowest BCUT2D eigenvalue weighted by Crippen LogP contribution is -2.21. The van der Waals surface area contributed by atoms with Crippen molar-refractivity contribution in [2.75, 3.05) is 13.2 Å². The molecule has 0 bridgehead atoms. The lowest BCUT2D eigenvalue weighted by atomic mass is 10.1. The molecule has 27 heavy (non-hydrogen) atoms. The summed E-state index contributed by atoms with van der Waals surface area (Å²) in [4.78, 5) is 11.4. The van der Waals surface area contributed by atoms with E-state index in [9.17, 15) is 4.79 Å². The van der Waals surface area contributed by atoms with Crippen molar-refractivity contribution in [1.82, 2.24) is 0 Å². The molecule has 0 aromatic heterocycles. The fraction of sp³-hybridized carbons (Fsp3) is 0.696. The summed E-state index contributed by atoms with van der Waals surface area (Å²) < 4.78 is 4.84. The predicted molar refractivity (Wildman–Crippen MR) is 113 cm³/mol. The lowest BCUT2D eigenvalue weighted by Gasteiger charge is -2.07. The van der Waals surface area contributed by atoms with E-state index in [1.807, 2.05) is 0 Å². The van der Waals surface area contributed by atoms with E-state index in [0.717, 1.165) is 32.1 Å². The zero-order chi connectivity index (χ0) is 20.0. The molecule has 0 aliphatic heterocycles. The van der Waals surface area contributed by atoms with Crippen LogP contribution in [0.15, 0.2) is 36.5 Å². The number of carbonyl (C=O) groups excluding carboxylic acids is 1. The van der Waals surface area contributed by atoms with E-state index >= 15 is 0 Å². The molecule has 0 saturated carbocycles. The number of esters is 1. The van der Waals surface area contributed by atoms with E-state index < -0.39 is 6.10 Å². The average molecular weight is 381 g/mol. The highest BCUT2D eigenvalue weighted by Gasteiger charge is 2.06. The van der Waals surface area contributed by atoms with E-state index in [-0.39, 0.29) is 19.2 Å². The lowest BCUT2D eigenvalue weighted by molar-refractivity contribution is -0.147. The molecule has 1 unspecified atom stereocenters. The fourth-order valence-electron chi connectivity index (χ4n) is 2.46. The summed E-state index contributed by atoms with van der Waals surface area (Å²) in [5.41, 5.74) is 0. The van der Waals surface area contributed by atoms with Gasteiger partial charge in [-0.1, -0.05) is 56.2 Å². The molecule has 0 aromatic rings. The number of allylic oxidation sites excluding steroid dienone is 6. The zero-order valence-electron chi connectivity index (χ0n) is 17.2. The molecule has 4 heteroatoms. The summed E-state index contributed by atoms with van der Waals surface area (Å²) in [6.07, 6.45) is 25.2. The molecule has 1 atom stereocenters. The minimum absolute atomic E-state index is 0.130. The van der Waals surface area contributed by atoms with E-state index in [1.54, 1.807) is 0 Å². The van der Waals surface area contributed by atoms with Crippen LogP contribution >= 0.6 is 0 Å². The highest BCUT2D eigenvalue weighted by atomic mass is 16.5. The molecule has 0 radical (unpaired) electrons. The van der Waals surface area contributed by atoms with Crippen molar-refractivity contribution in [3.05, 3.63) is 36.5 Å². The van der Waals surface area contributed by atoms with Gasteiger partial charge in [-0.15, -0.1) is 0 Å². The fourth-order valence-corrected chi connectivity index (χ4v) is 2.46. The van der Waals surface area contributed by atoms with Crippen molar-refractivity contribution >= 4 is 5.97 Å². The second kappa shape index (κ2) is 20.9. The molecule has 0 spiro atoms. The second-order valence-corrected chi connectivity index (χ2v) is 6.84. The van der Waals surface area contributed by atoms with Crippen LogP contribution in [0.1, 0.15) is 84.0 Å². The SMILES string of the molecule is CCCCCC=CCC=CCCCCC=CCCCC(=O)OCC(O)CO. The highest BCUT2D eigenvalue weighted by Crippen LogP contribution is 2.05. The van der Waals surface area contributed by atoms with Crippen LogP contribution < -0.4 is 0 Å². The molecule has 0 aromatic carbocycles. The summed E-state index contributed by atoms with van der Waals surface area (Å²) >= 11 is 0. The summed E-state index contributed by atoms with van der Waals surface area (Å²) in [6, 6.07) is 0. The number of ether oxygens (including phenoxy) is 1. The first-order valence-electron chi connectivity index (χ1n) is 10.6. The molecule has 0 amide bonds. The zero-order valence-corrected chi connectivity index (χ0v) is 17.2. The van der Waals surface area contributed by atoms with Crippen LogP contribution in [0.25, 0.3) is 0 Å². The van der Waals surface area contributed by atoms with Crippen molar-refractivity contribution in [3.8, 4) is 0 Å². The van der Waals surface area contributed by atoms with Crippen LogP contribution in [0.4, 0.5) is 0 Å². The van der Waals surface area contributed by atoms with Crippen LogP contribution in [0.3, 0.4) is 0 Å². The monoisotopic (exact) mass is 380 g/mol. The number of rotatable bonds is 18. The maximum absolute atomic E-state index is 11.4. The van der Waals surface area contributed by atoms with Crippen molar-refractivity contribution in [2.24, 2.45) is 0 Å². The third-order valence-corrected chi connectivity index (χ3v) is 4.14. The summed E-state index contributed by atoms with van der Waals surface area (Å²) in [7, 11) is 0. The van der Waals surface area contributed by atoms with Crippen LogP contribution in [-0.4, -0.2) is 35.5 Å². The molecule has 0 fully saturated rings. The van der Waals surface area contributed by atoms with Gasteiger partial charge in [0.15, 0.2) is 0 Å². The number of hydrogen-bond acceptors (Lipinski definition) is 4. The smallest absolute Gasteiger partial charge is 0.305 e. The summed E-state index contributed by atoms with van der Waals surface area (Å²) in [5, 5.41) is 17.7.